The number of aryl methyl sites for hydroxylation is 2. The minimum absolute atomic E-state index is 0.0526. The van der Waals surface area contributed by atoms with E-state index >= 15 is 0 Å². The fourth-order valence-electron chi connectivity index (χ4n) is 3.89. The van der Waals surface area contributed by atoms with E-state index in [1.165, 1.54) is 11.1 Å². The first-order valence-corrected chi connectivity index (χ1v) is 9.64. The predicted molar refractivity (Wildman–Crippen MR) is 107 cm³/mol. The molecule has 0 unspecified atom stereocenters. The Labute approximate surface area is 162 Å². The monoisotopic (exact) mass is 375 g/mol. The van der Waals surface area contributed by atoms with Gasteiger partial charge < -0.3 is 10.1 Å². The van der Waals surface area contributed by atoms with Crippen LogP contribution < -0.4 is 5.32 Å². The number of carbonyl (C=O) groups excluding carboxylic acids is 2. The second-order valence-corrected chi connectivity index (χ2v) is 7.44. The van der Waals surface area contributed by atoms with Crippen LogP contribution in [-0.4, -0.2) is 74.5 Å². The average molecular weight is 376 g/mol. The number of nitrogens with zero attached hydrogens (tertiary/aromatic N) is 2. The van der Waals surface area contributed by atoms with Crippen LogP contribution in [0.1, 0.15) is 39.5 Å². The molecular weight excluding hydrogens is 342 g/mol. The van der Waals surface area contributed by atoms with E-state index < -0.39 is 0 Å². The smallest absolute Gasteiger partial charge is 0.234 e. The highest BCUT2D eigenvalue weighted by atomic mass is 16.5. The van der Waals surface area contributed by atoms with Gasteiger partial charge in [-0.25, -0.2) is 0 Å². The Kier molecular flexibility index (Phi) is 7.95. The first kappa shape index (κ1) is 21.5. The highest BCUT2D eigenvalue weighted by Crippen LogP contribution is 2.24. The van der Waals surface area contributed by atoms with E-state index in [-0.39, 0.29) is 11.7 Å². The number of Topliss-reactive ketones (excluding diaryl/α,β-unsaturated/α-hetero) is 1. The van der Waals surface area contributed by atoms with Gasteiger partial charge in [-0.05, 0) is 49.9 Å². The Morgan fingerprint density at radius 2 is 1.70 bits per heavy atom. The van der Waals surface area contributed by atoms with Gasteiger partial charge in [0.15, 0.2) is 5.78 Å². The molecule has 1 amide bonds. The maximum Gasteiger partial charge on any atom is 0.234 e. The van der Waals surface area contributed by atoms with Crippen molar-refractivity contribution >= 4 is 11.7 Å². The standard InChI is InChI=1S/C21H33N3O3/c1-15-12-16(2)21(18(4)25)17(3)19(15)13-23-7-9-24(10-8-23)14-20(26)22-6-11-27-5/h12H,6-11,13-14H2,1-5H3,(H,22,26). The second-order valence-electron chi connectivity index (χ2n) is 7.44. The number of ketones is 1. The van der Waals surface area contributed by atoms with Crippen molar-refractivity contribution in [3.05, 3.63) is 33.9 Å². The first-order chi connectivity index (χ1) is 12.8. The normalized spacial score (nSPS) is 15.7. The lowest BCUT2D eigenvalue weighted by Crippen LogP contribution is -2.49. The Balaban J connectivity index is 1.92. The van der Waals surface area contributed by atoms with Gasteiger partial charge in [-0.1, -0.05) is 6.07 Å². The van der Waals surface area contributed by atoms with Crippen molar-refractivity contribution in [2.75, 3.05) is 53.0 Å². The van der Waals surface area contributed by atoms with Crippen molar-refractivity contribution in [1.29, 1.82) is 0 Å². The van der Waals surface area contributed by atoms with Crippen molar-refractivity contribution in [1.82, 2.24) is 15.1 Å². The van der Waals surface area contributed by atoms with Crippen LogP contribution in [-0.2, 0) is 16.1 Å². The topological polar surface area (TPSA) is 61.9 Å². The van der Waals surface area contributed by atoms with E-state index in [1.54, 1.807) is 14.0 Å². The molecule has 1 saturated heterocycles. The average Bonchev–Trinajstić information content (AvgIpc) is 2.59. The van der Waals surface area contributed by atoms with E-state index in [4.69, 9.17) is 4.74 Å². The van der Waals surface area contributed by atoms with Crippen LogP contribution in [0.4, 0.5) is 0 Å². The number of benzene rings is 1. The summed E-state index contributed by atoms with van der Waals surface area (Å²) in [7, 11) is 1.63. The predicted octanol–water partition coefficient (Wildman–Crippen LogP) is 1.69. The summed E-state index contributed by atoms with van der Waals surface area (Å²) < 4.78 is 4.95. The molecule has 2 rings (SSSR count). The Bertz CT molecular complexity index is 680. The van der Waals surface area contributed by atoms with Crippen molar-refractivity contribution in [2.24, 2.45) is 0 Å². The zero-order valence-corrected chi connectivity index (χ0v) is 17.4. The van der Waals surface area contributed by atoms with Gasteiger partial charge in [0.2, 0.25) is 5.91 Å². The summed E-state index contributed by atoms with van der Waals surface area (Å²) in [5.74, 6) is 0.187. The van der Waals surface area contributed by atoms with E-state index in [1.807, 2.05) is 6.92 Å². The molecule has 6 nitrogen and oxygen atoms in total. The van der Waals surface area contributed by atoms with E-state index in [9.17, 15) is 9.59 Å². The van der Waals surface area contributed by atoms with Crippen LogP contribution in [0.25, 0.3) is 0 Å². The third kappa shape index (κ3) is 5.86. The van der Waals surface area contributed by atoms with Crippen LogP contribution in [0, 0.1) is 20.8 Å². The molecule has 1 aliphatic heterocycles. The zero-order chi connectivity index (χ0) is 20.0. The molecule has 0 bridgehead atoms. The number of ether oxygens (including phenoxy) is 1. The molecule has 27 heavy (non-hydrogen) atoms. The number of rotatable bonds is 8. The molecule has 0 aliphatic carbocycles. The second kappa shape index (κ2) is 9.97. The van der Waals surface area contributed by atoms with Crippen molar-refractivity contribution in [3.63, 3.8) is 0 Å². The minimum Gasteiger partial charge on any atom is -0.383 e. The van der Waals surface area contributed by atoms with Gasteiger partial charge in [0.1, 0.15) is 0 Å². The van der Waals surface area contributed by atoms with Gasteiger partial charge in [0.25, 0.3) is 0 Å². The quantitative estimate of drug-likeness (QED) is 0.553. The van der Waals surface area contributed by atoms with E-state index in [0.717, 1.165) is 49.4 Å². The Morgan fingerprint density at radius 3 is 2.30 bits per heavy atom. The van der Waals surface area contributed by atoms with E-state index in [0.29, 0.717) is 19.7 Å². The van der Waals surface area contributed by atoms with Gasteiger partial charge in [0.05, 0.1) is 13.2 Å². The summed E-state index contributed by atoms with van der Waals surface area (Å²) in [6.07, 6.45) is 0. The molecule has 0 radical (unpaired) electrons. The van der Waals surface area contributed by atoms with E-state index in [2.05, 4.69) is 35.0 Å². The number of piperazine rings is 1. The van der Waals surface area contributed by atoms with Crippen LogP contribution in [0.2, 0.25) is 0 Å². The molecule has 1 heterocycles. The largest absolute Gasteiger partial charge is 0.383 e. The highest BCUT2D eigenvalue weighted by Gasteiger charge is 2.21. The molecule has 1 N–H and O–H groups in total. The number of amides is 1. The Hall–Kier alpha value is -1.76. The van der Waals surface area contributed by atoms with Crippen molar-refractivity contribution in [3.8, 4) is 0 Å². The maximum absolute atomic E-state index is 12.0. The lowest BCUT2D eigenvalue weighted by molar-refractivity contribution is -0.122. The van der Waals surface area contributed by atoms with Crippen LogP contribution in [0.15, 0.2) is 6.07 Å². The molecule has 6 heteroatoms. The molecule has 0 saturated carbocycles. The third-order valence-electron chi connectivity index (χ3n) is 5.33. The fraction of sp³-hybridized carbons (Fsp3) is 0.619. The summed E-state index contributed by atoms with van der Waals surface area (Å²) in [5.41, 5.74) is 5.54. The number of methoxy groups -OCH3 is 1. The number of carbonyl (C=O) groups is 2. The van der Waals surface area contributed by atoms with Gasteiger partial charge in [-0.3, -0.25) is 19.4 Å². The van der Waals surface area contributed by atoms with Crippen molar-refractivity contribution in [2.45, 2.75) is 34.2 Å². The molecule has 1 fully saturated rings. The molecule has 0 spiro atoms. The lowest BCUT2D eigenvalue weighted by atomic mass is 9.91. The molecule has 1 aliphatic rings. The molecule has 0 atom stereocenters. The third-order valence-corrected chi connectivity index (χ3v) is 5.33. The SMILES string of the molecule is COCCNC(=O)CN1CCN(Cc2c(C)cc(C)c(C(C)=O)c2C)CC1. The van der Waals surface area contributed by atoms with Crippen LogP contribution in [0.5, 0.6) is 0 Å². The Morgan fingerprint density at radius 1 is 1.07 bits per heavy atom. The van der Waals surface area contributed by atoms with Crippen LogP contribution >= 0.6 is 0 Å². The lowest BCUT2D eigenvalue weighted by Gasteiger charge is -2.35. The van der Waals surface area contributed by atoms with Gasteiger partial charge in [-0.2, -0.15) is 0 Å². The molecule has 0 aromatic heterocycles. The number of hydrogen-bond acceptors (Lipinski definition) is 5. The molecule has 1 aromatic carbocycles. The molecule has 1 aromatic rings. The minimum atomic E-state index is 0.0526. The summed E-state index contributed by atoms with van der Waals surface area (Å²) in [6.45, 7) is 13.8. The first-order valence-electron chi connectivity index (χ1n) is 9.64. The molecule has 150 valence electrons. The molecular formula is C21H33N3O3. The van der Waals surface area contributed by atoms with Gasteiger partial charge >= 0.3 is 0 Å². The number of nitrogens with one attached hydrogen (secondary N) is 1. The van der Waals surface area contributed by atoms with Gasteiger partial charge in [-0.15, -0.1) is 0 Å². The summed E-state index contributed by atoms with van der Waals surface area (Å²) in [6, 6.07) is 2.12. The number of hydrogen-bond donors (Lipinski definition) is 1. The van der Waals surface area contributed by atoms with Crippen LogP contribution in [0.3, 0.4) is 0 Å². The maximum atomic E-state index is 12.0. The summed E-state index contributed by atoms with van der Waals surface area (Å²) in [5, 5.41) is 2.87. The van der Waals surface area contributed by atoms with Gasteiger partial charge in [0, 0.05) is 51.9 Å². The summed E-state index contributed by atoms with van der Waals surface area (Å²) >= 11 is 0. The zero-order valence-electron chi connectivity index (χ0n) is 17.4. The van der Waals surface area contributed by atoms with Crippen molar-refractivity contribution < 1.29 is 14.3 Å². The highest BCUT2D eigenvalue weighted by molar-refractivity contribution is 5.97. The summed E-state index contributed by atoms with van der Waals surface area (Å²) in [4.78, 5) is 28.5. The fourth-order valence-corrected chi connectivity index (χ4v) is 3.89.